The van der Waals surface area contributed by atoms with E-state index in [1.807, 2.05) is 0 Å². The normalized spacial score (nSPS) is 11.6. The summed E-state index contributed by atoms with van der Waals surface area (Å²) in [5.41, 5.74) is 3.21. The zero-order valence-corrected chi connectivity index (χ0v) is 20.1. The van der Waals surface area contributed by atoms with E-state index in [0.717, 1.165) is 0 Å². The molecule has 24 heavy (non-hydrogen) atoms. The van der Waals surface area contributed by atoms with Crippen LogP contribution in [-0.4, -0.2) is 0 Å². The first-order chi connectivity index (χ1) is 9.66. The van der Waals surface area contributed by atoms with Gasteiger partial charge in [-0.05, 0) is 10.8 Å². The third kappa shape index (κ3) is 4.23. The molecule has 0 aromatic heterocycles. The number of benzene rings is 2. The Bertz CT molecular complexity index is 739. The molecule has 0 fully saturated rings. The fourth-order valence-electron chi connectivity index (χ4n) is 2.96. The first-order valence-corrected chi connectivity index (χ1v) is 7.80. The van der Waals surface area contributed by atoms with Crippen molar-refractivity contribution in [3.63, 3.8) is 0 Å². The van der Waals surface area contributed by atoms with E-state index in [1.165, 1.54) is 32.7 Å². The number of rotatable bonds is 0. The largest absolute Gasteiger partial charge is 0.358 e. The van der Waals surface area contributed by atoms with Gasteiger partial charge in [-0.3, -0.25) is 0 Å². The van der Waals surface area contributed by atoms with Crippen LogP contribution in [0.5, 0.6) is 0 Å². The maximum absolute atomic E-state index is 2.35. The van der Waals surface area contributed by atoms with Gasteiger partial charge in [-0.15, -0.1) is 39.7 Å². The number of hydrogen-bond acceptors (Lipinski definition) is 0. The smallest absolute Gasteiger partial charge is 0 e. The second-order valence-electron chi connectivity index (χ2n) is 8.25. The number of fused-ring (bicyclic) bond motifs is 3. The third-order valence-electron chi connectivity index (χ3n) is 4.44. The van der Waals surface area contributed by atoms with Crippen molar-refractivity contribution in [1.82, 2.24) is 0 Å². The van der Waals surface area contributed by atoms with Gasteiger partial charge in [-0.25, -0.2) is 0 Å². The molecule has 0 bridgehead atoms. The molecule has 0 atom stereocenters. The fourth-order valence-corrected chi connectivity index (χ4v) is 2.96. The van der Waals surface area contributed by atoms with Gasteiger partial charge in [-0.2, -0.15) is 0 Å². The molecule has 0 aliphatic rings. The molecule has 1 heteroatoms. The maximum atomic E-state index is 2.35. The van der Waals surface area contributed by atoms with E-state index < -0.39 is 0 Å². The van der Waals surface area contributed by atoms with E-state index in [9.17, 15) is 0 Å². The quantitative estimate of drug-likeness (QED) is 0.233. The van der Waals surface area contributed by atoms with Crippen LogP contribution < -0.4 is 0 Å². The summed E-state index contributed by atoms with van der Waals surface area (Å²) >= 11 is 0. The summed E-state index contributed by atoms with van der Waals surface area (Å²) in [7, 11) is 0. The molecule has 0 aliphatic heterocycles. The van der Waals surface area contributed by atoms with E-state index in [-0.39, 0.29) is 51.5 Å². The van der Waals surface area contributed by atoms with Crippen molar-refractivity contribution in [2.75, 3.05) is 0 Å². The summed E-state index contributed by atoms with van der Waals surface area (Å²) in [5.74, 6) is 0. The molecule has 3 aromatic carbocycles. The Morgan fingerprint density at radius 1 is 0.625 bits per heavy atom. The summed E-state index contributed by atoms with van der Waals surface area (Å²) in [6.07, 6.45) is 0. The molecule has 130 valence electrons. The third-order valence-corrected chi connectivity index (χ3v) is 4.44. The van der Waals surface area contributed by atoms with E-state index in [2.05, 4.69) is 84.0 Å². The molecule has 0 spiro atoms. The molecule has 3 aromatic rings. The van der Waals surface area contributed by atoms with Gasteiger partial charge in [0.2, 0.25) is 0 Å². The summed E-state index contributed by atoms with van der Waals surface area (Å²) in [6, 6.07) is 16.2. The molecule has 3 rings (SSSR count). The van der Waals surface area contributed by atoms with Crippen LogP contribution in [-0.2, 0) is 36.7 Å². The standard InChI is InChI=1S/C21H25.2CH3.Hf/c1-20(2,3)16-7-9-18-14(12-16)11-15-13-17(21(4,5)6)8-10-19(15)18;;;/h7-13H,1-6H3;2*1H3;/q3*-1;. The van der Waals surface area contributed by atoms with Gasteiger partial charge in [0.1, 0.15) is 0 Å². The Balaban J connectivity index is 0.00000176. The maximum Gasteiger partial charge on any atom is 0 e. The van der Waals surface area contributed by atoms with Crippen LogP contribution in [0.4, 0.5) is 0 Å². The zero-order valence-electron chi connectivity index (χ0n) is 16.5. The molecule has 0 N–H and O–H groups in total. The van der Waals surface area contributed by atoms with Crippen LogP contribution in [0.15, 0.2) is 42.5 Å². The van der Waals surface area contributed by atoms with Crippen LogP contribution in [0.1, 0.15) is 52.7 Å². The molecule has 0 heterocycles. The second kappa shape index (κ2) is 7.60. The van der Waals surface area contributed by atoms with Crippen molar-refractivity contribution in [2.24, 2.45) is 0 Å². The van der Waals surface area contributed by atoms with Crippen molar-refractivity contribution in [3.8, 4) is 0 Å². The van der Waals surface area contributed by atoms with Gasteiger partial charge >= 0.3 is 0 Å². The number of hydrogen-bond donors (Lipinski definition) is 0. The fraction of sp³-hybridized carbons (Fsp3) is 0.348. The van der Waals surface area contributed by atoms with Crippen LogP contribution >= 0.6 is 0 Å². The zero-order chi connectivity index (χ0) is 15.4. The molecule has 0 saturated carbocycles. The van der Waals surface area contributed by atoms with E-state index >= 15 is 0 Å². The van der Waals surface area contributed by atoms with Gasteiger partial charge < -0.3 is 14.9 Å². The molecule has 0 radical (unpaired) electrons. The first kappa shape index (κ1) is 23.2. The summed E-state index contributed by atoms with van der Waals surface area (Å²) in [5, 5.41) is 5.48. The Kier molecular flexibility index (Phi) is 7.34. The SMILES string of the molecule is CC(C)(C)c1ccc2c(c1)[cH-]c1cc(C(C)(C)C)ccc12.[CH3-].[CH3-].[Hf]. The molecule has 0 amide bonds. The van der Waals surface area contributed by atoms with Gasteiger partial charge in [-0.1, -0.05) is 76.9 Å². The van der Waals surface area contributed by atoms with E-state index in [1.54, 1.807) is 0 Å². The molecular formula is C23H31Hf-3. The van der Waals surface area contributed by atoms with Gasteiger partial charge in [0.25, 0.3) is 0 Å². The minimum absolute atomic E-state index is 0. The van der Waals surface area contributed by atoms with Crippen LogP contribution in [0.25, 0.3) is 21.5 Å². The van der Waals surface area contributed by atoms with Crippen molar-refractivity contribution in [3.05, 3.63) is 68.4 Å². The molecule has 0 aliphatic carbocycles. The molecule has 0 nitrogen and oxygen atoms in total. The van der Waals surface area contributed by atoms with Crippen LogP contribution in [0, 0.1) is 14.9 Å². The van der Waals surface area contributed by atoms with Crippen molar-refractivity contribution < 1.29 is 25.8 Å². The summed E-state index contributed by atoms with van der Waals surface area (Å²) in [4.78, 5) is 0. The predicted molar refractivity (Wildman–Crippen MR) is 107 cm³/mol. The van der Waals surface area contributed by atoms with Crippen LogP contribution in [0.3, 0.4) is 0 Å². The van der Waals surface area contributed by atoms with E-state index in [4.69, 9.17) is 0 Å². The minimum atomic E-state index is 0. The second-order valence-corrected chi connectivity index (χ2v) is 8.25. The topological polar surface area (TPSA) is 0 Å². The Morgan fingerprint density at radius 2 is 0.958 bits per heavy atom. The first-order valence-electron chi connectivity index (χ1n) is 7.80. The van der Waals surface area contributed by atoms with E-state index in [0.29, 0.717) is 0 Å². The van der Waals surface area contributed by atoms with Gasteiger partial charge in [0.15, 0.2) is 0 Å². The summed E-state index contributed by atoms with van der Waals surface area (Å²) < 4.78 is 0. The average molecular weight is 486 g/mol. The minimum Gasteiger partial charge on any atom is -0.358 e. The van der Waals surface area contributed by atoms with Crippen molar-refractivity contribution in [2.45, 2.75) is 52.4 Å². The van der Waals surface area contributed by atoms with Gasteiger partial charge in [0.05, 0.1) is 0 Å². The Labute approximate surface area is 167 Å². The Morgan fingerprint density at radius 3 is 1.25 bits per heavy atom. The molecule has 0 unspecified atom stereocenters. The monoisotopic (exact) mass is 487 g/mol. The average Bonchev–Trinajstić information content (AvgIpc) is 2.73. The Hall–Kier alpha value is -0.820. The predicted octanol–water partition coefficient (Wildman–Crippen LogP) is 7.20. The van der Waals surface area contributed by atoms with Gasteiger partial charge in [0, 0.05) is 25.8 Å². The molecular weight excluding hydrogens is 455 g/mol. The summed E-state index contributed by atoms with van der Waals surface area (Å²) in [6.45, 7) is 13.6. The molecule has 0 saturated heterocycles. The van der Waals surface area contributed by atoms with Crippen LogP contribution in [0.2, 0.25) is 0 Å². The van der Waals surface area contributed by atoms with Crippen molar-refractivity contribution >= 4 is 21.5 Å². The van der Waals surface area contributed by atoms with Crippen molar-refractivity contribution in [1.29, 1.82) is 0 Å².